The fourth-order valence-corrected chi connectivity index (χ4v) is 5.79. The molecule has 0 saturated heterocycles. The summed E-state index contributed by atoms with van der Waals surface area (Å²) in [6.45, 7) is 7.24. The lowest BCUT2D eigenvalue weighted by Gasteiger charge is -2.32. The van der Waals surface area contributed by atoms with Crippen LogP contribution in [0.1, 0.15) is 81.9 Å². The number of hydrogen-bond donors (Lipinski definition) is 1. The van der Waals surface area contributed by atoms with Crippen molar-refractivity contribution in [3.63, 3.8) is 0 Å². The average molecular weight is 615 g/mol. The molecule has 2 heterocycles. The lowest BCUT2D eigenvalue weighted by Crippen LogP contribution is -2.50. The summed E-state index contributed by atoms with van der Waals surface area (Å²) in [7, 11) is 3.11. The first-order valence-corrected chi connectivity index (χ1v) is 15.4. The van der Waals surface area contributed by atoms with Crippen molar-refractivity contribution in [2.24, 2.45) is 0 Å². The van der Waals surface area contributed by atoms with Crippen LogP contribution in [0.5, 0.6) is 11.5 Å². The van der Waals surface area contributed by atoms with Crippen LogP contribution in [0, 0.1) is 6.92 Å². The maximum Gasteiger partial charge on any atom is 0.251 e. The van der Waals surface area contributed by atoms with E-state index >= 15 is 0 Å². The highest BCUT2D eigenvalue weighted by molar-refractivity contribution is 6.01. The number of ether oxygens (including phenoxy) is 2. The second-order valence-corrected chi connectivity index (χ2v) is 12.5. The maximum atomic E-state index is 14.3. The minimum absolute atomic E-state index is 0.260. The lowest BCUT2D eigenvalue weighted by molar-refractivity contribution is -0.128. The molecule has 2 aromatic carbocycles. The summed E-state index contributed by atoms with van der Waals surface area (Å²) in [4.78, 5) is 30.9. The highest BCUT2D eigenvalue weighted by Crippen LogP contribution is 2.36. The molecular formula is C34H42N6O5. The van der Waals surface area contributed by atoms with E-state index in [0.29, 0.717) is 46.0 Å². The van der Waals surface area contributed by atoms with Gasteiger partial charge in [0, 0.05) is 16.8 Å². The zero-order chi connectivity index (χ0) is 32.1. The Kier molecular flexibility index (Phi) is 9.55. The van der Waals surface area contributed by atoms with Crippen molar-refractivity contribution in [1.82, 2.24) is 25.5 Å². The molecule has 1 fully saturated rings. The molecule has 11 heteroatoms. The number of tetrazole rings is 1. The zero-order valence-corrected chi connectivity index (χ0v) is 26.9. The number of hydrogen-bond acceptors (Lipinski definition) is 8. The van der Waals surface area contributed by atoms with E-state index in [0.717, 1.165) is 12.8 Å². The van der Waals surface area contributed by atoms with Gasteiger partial charge in [-0.3, -0.25) is 14.5 Å². The summed E-state index contributed by atoms with van der Waals surface area (Å²) < 4.78 is 16.7. The van der Waals surface area contributed by atoms with Crippen LogP contribution < -0.4 is 19.7 Å². The third kappa shape index (κ3) is 7.53. The molecule has 1 N–H and O–H groups in total. The van der Waals surface area contributed by atoms with Crippen molar-refractivity contribution in [3.05, 3.63) is 71.7 Å². The smallest absolute Gasteiger partial charge is 0.251 e. The molecule has 0 bridgehead atoms. The van der Waals surface area contributed by atoms with Gasteiger partial charge in [-0.2, -0.15) is 4.80 Å². The Bertz CT molecular complexity index is 1610. The minimum atomic E-state index is -1.07. The lowest BCUT2D eigenvalue weighted by atomic mass is 9.84. The molecule has 5 rings (SSSR count). The van der Waals surface area contributed by atoms with E-state index < -0.39 is 17.5 Å². The quantitative estimate of drug-likeness (QED) is 0.231. The number of carbonyl (C=O) groups is 2. The first kappa shape index (κ1) is 31.7. The fraction of sp³-hybridized carbons (Fsp3) is 0.441. The number of furan rings is 1. The predicted octanol–water partition coefficient (Wildman–Crippen LogP) is 6.00. The SMILES string of the molecule is COc1ccc(-c2nnn(CC(=O)N(c3ccc(C4CCCCC4)cc3)[C@H](C(=O)NC(C)(C)C)c3ccc(C)o3)n2)cc1OC. The zero-order valence-electron chi connectivity index (χ0n) is 26.9. The van der Waals surface area contributed by atoms with E-state index in [-0.39, 0.29) is 12.5 Å². The van der Waals surface area contributed by atoms with Crippen LogP contribution in [0.15, 0.2) is 59.0 Å². The van der Waals surface area contributed by atoms with Crippen molar-refractivity contribution >= 4 is 17.5 Å². The third-order valence-corrected chi connectivity index (χ3v) is 7.92. The maximum absolute atomic E-state index is 14.3. The minimum Gasteiger partial charge on any atom is -0.493 e. The molecule has 2 aromatic heterocycles. The van der Waals surface area contributed by atoms with Crippen LogP contribution in [-0.2, 0) is 16.1 Å². The van der Waals surface area contributed by atoms with Gasteiger partial charge >= 0.3 is 0 Å². The molecule has 0 radical (unpaired) electrons. The van der Waals surface area contributed by atoms with Gasteiger partial charge in [0.1, 0.15) is 18.1 Å². The molecule has 0 unspecified atom stereocenters. The van der Waals surface area contributed by atoms with Gasteiger partial charge in [-0.1, -0.05) is 31.4 Å². The molecule has 0 aliphatic heterocycles. The Morgan fingerprint density at radius 3 is 2.33 bits per heavy atom. The summed E-state index contributed by atoms with van der Waals surface area (Å²) in [5.41, 5.74) is 1.92. The van der Waals surface area contributed by atoms with Gasteiger partial charge in [0.25, 0.3) is 11.8 Å². The van der Waals surface area contributed by atoms with Crippen molar-refractivity contribution < 1.29 is 23.5 Å². The second kappa shape index (κ2) is 13.5. The number of aromatic nitrogens is 4. The van der Waals surface area contributed by atoms with Gasteiger partial charge in [-0.15, -0.1) is 10.2 Å². The first-order valence-electron chi connectivity index (χ1n) is 15.4. The van der Waals surface area contributed by atoms with Gasteiger partial charge in [-0.05, 0) is 99.7 Å². The summed E-state index contributed by atoms with van der Waals surface area (Å²) in [5.74, 6) is 2.13. The highest BCUT2D eigenvalue weighted by atomic mass is 16.5. The molecule has 45 heavy (non-hydrogen) atoms. The van der Waals surface area contributed by atoms with Crippen LogP contribution in [-0.4, -0.2) is 51.8 Å². The van der Waals surface area contributed by atoms with Gasteiger partial charge < -0.3 is 19.2 Å². The number of aryl methyl sites for hydroxylation is 1. The standard InChI is InChI=1S/C34H42N6O5/c1-22-12-18-28(45-22)31(33(42)35-34(2,3)4)40(26-16-13-24(14-17-26)23-10-8-7-9-11-23)30(41)21-39-37-32(36-38-39)25-15-19-27(43-5)29(20-25)44-6/h12-20,23,31H,7-11,21H2,1-6H3,(H,35,42)/t31-/m0/s1. The van der Waals surface area contributed by atoms with Crippen LogP contribution in [0.2, 0.25) is 0 Å². The van der Waals surface area contributed by atoms with E-state index in [9.17, 15) is 9.59 Å². The summed E-state index contributed by atoms with van der Waals surface area (Å²) in [6, 6.07) is 15.7. The van der Waals surface area contributed by atoms with Gasteiger partial charge in [0.05, 0.1) is 14.2 Å². The van der Waals surface area contributed by atoms with Crippen LogP contribution >= 0.6 is 0 Å². The number of methoxy groups -OCH3 is 2. The normalized spacial score (nSPS) is 14.5. The van der Waals surface area contributed by atoms with Crippen molar-refractivity contribution in [1.29, 1.82) is 0 Å². The molecule has 0 spiro atoms. The Morgan fingerprint density at radius 2 is 1.71 bits per heavy atom. The van der Waals surface area contributed by atoms with Gasteiger partial charge in [0.15, 0.2) is 17.5 Å². The Labute approximate surface area is 263 Å². The van der Waals surface area contributed by atoms with Crippen molar-refractivity contribution in [2.45, 2.75) is 83.8 Å². The molecule has 2 amide bonds. The van der Waals surface area contributed by atoms with E-state index in [2.05, 4.69) is 32.9 Å². The van der Waals surface area contributed by atoms with Crippen LogP contribution in [0.4, 0.5) is 5.69 Å². The first-order chi connectivity index (χ1) is 21.6. The van der Waals surface area contributed by atoms with Gasteiger partial charge in [0.2, 0.25) is 5.82 Å². The number of rotatable bonds is 10. The molecule has 1 aliphatic rings. The topological polar surface area (TPSA) is 125 Å². The highest BCUT2D eigenvalue weighted by Gasteiger charge is 2.37. The van der Waals surface area contributed by atoms with E-state index in [1.165, 1.54) is 34.5 Å². The number of nitrogens with one attached hydrogen (secondary N) is 1. The molecule has 11 nitrogen and oxygen atoms in total. The summed E-state index contributed by atoms with van der Waals surface area (Å²) in [6.07, 6.45) is 6.03. The molecule has 1 saturated carbocycles. The van der Waals surface area contributed by atoms with Crippen molar-refractivity contribution in [2.75, 3.05) is 19.1 Å². The van der Waals surface area contributed by atoms with Crippen LogP contribution in [0.25, 0.3) is 11.4 Å². The Balaban J connectivity index is 1.50. The molecule has 1 atom stereocenters. The average Bonchev–Trinajstić information content (AvgIpc) is 3.67. The third-order valence-electron chi connectivity index (χ3n) is 7.92. The number of benzene rings is 2. The Morgan fingerprint density at radius 1 is 1.00 bits per heavy atom. The number of anilines is 1. The van der Waals surface area contributed by atoms with E-state index in [1.54, 1.807) is 44.6 Å². The van der Waals surface area contributed by atoms with Crippen molar-refractivity contribution in [3.8, 4) is 22.9 Å². The molecular weight excluding hydrogens is 572 g/mol. The summed E-state index contributed by atoms with van der Waals surface area (Å²) in [5, 5.41) is 15.8. The van der Waals surface area contributed by atoms with Crippen LogP contribution in [0.3, 0.4) is 0 Å². The van der Waals surface area contributed by atoms with Gasteiger partial charge in [-0.25, -0.2) is 0 Å². The predicted molar refractivity (Wildman–Crippen MR) is 170 cm³/mol. The molecule has 4 aromatic rings. The number of nitrogens with zero attached hydrogens (tertiary/aromatic N) is 5. The summed E-state index contributed by atoms with van der Waals surface area (Å²) >= 11 is 0. The fourth-order valence-electron chi connectivity index (χ4n) is 5.79. The Hall–Kier alpha value is -4.67. The largest absolute Gasteiger partial charge is 0.493 e. The molecule has 238 valence electrons. The number of carbonyl (C=O) groups excluding carboxylic acids is 2. The number of amides is 2. The monoisotopic (exact) mass is 614 g/mol. The second-order valence-electron chi connectivity index (χ2n) is 12.5. The van der Waals surface area contributed by atoms with E-state index in [4.69, 9.17) is 13.9 Å². The molecule has 1 aliphatic carbocycles. The van der Waals surface area contributed by atoms with E-state index in [1.807, 2.05) is 39.8 Å².